The molecule has 0 bridgehead atoms. The minimum absolute atomic E-state index is 0. The molecule has 32 heteroatoms. The van der Waals surface area contributed by atoms with Gasteiger partial charge >= 0.3 is 118 Å². The second-order valence-corrected chi connectivity index (χ2v) is 18.6. The van der Waals surface area contributed by atoms with E-state index in [0.717, 1.165) is 84.9 Å². The van der Waals surface area contributed by atoms with E-state index in [1.165, 1.54) is 48.5 Å². The summed E-state index contributed by atoms with van der Waals surface area (Å²) < 4.78 is 140. The van der Waals surface area contributed by atoms with Crippen molar-refractivity contribution in [2.75, 3.05) is 0 Å². The van der Waals surface area contributed by atoms with Gasteiger partial charge in [0.05, 0.1) is 19.6 Å². The van der Waals surface area contributed by atoms with Crippen molar-refractivity contribution in [2.45, 2.75) is 19.6 Å². The van der Waals surface area contributed by atoms with Gasteiger partial charge in [0.25, 0.3) is 0 Å². The van der Waals surface area contributed by atoms with E-state index in [2.05, 4.69) is 20.5 Å². The van der Waals surface area contributed by atoms with Crippen LogP contribution >= 0.6 is 0 Å². The van der Waals surface area contributed by atoms with Crippen molar-refractivity contribution in [3.05, 3.63) is 165 Å². The molecule has 0 saturated heterocycles. The predicted molar refractivity (Wildman–Crippen MR) is 221 cm³/mol. The maximum Gasteiger partial charge on any atom is 1.00 e. The second-order valence-electron chi connectivity index (χ2n) is 13.1. The van der Waals surface area contributed by atoms with Gasteiger partial charge in [-0.2, -0.15) is 0 Å². The van der Waals surface area contributed by atoms with E-state index in [0.29, 0.717) is 12.1 Å². The molecule has 340 valence electrons. The van der Waals surface area contributed by atoms with E-state index >= 15 is 0 Å². The first-order valence-corrected chi connectivity index (χ1v) is 23.4. The monoisotopic (exact) mass is 1070 g/mol. The van der Waals surface area contributed by atoms with Gasteiger partial charge in [-0.15, -0.1) is 0 Å². The van der Waals surface area contributed by atoms with E-state index in [4.69, 9.17) is 0 Å². The molecule has 0 heterocycles. The molecule has 0 aliphatic rings. The zero-order valence-corrected chi connectivity index (χ0v) is 47.9. The first-order valence-electron chi connectivity index (χ1n) is 17.8. The molecule has 24 nitrogen and oxygen atoms in total. The molecule has 0 unspecified atom stereocenters. The molecule has 70 heavy (non-hydrogen) atoms. The van der Waals surface area contributed by atoms with Crippen molar-refractivity contribution >= 4 is 98.1 Å². The Balaban J connectivity index is 0.00000420. The standard InChI is InChI=1S/C38H28N8O16S4.4Na/c47-43(39-29-9-19-35(20-10-29)63(51,52)53)31-15-5-27(6-16-31)41-45(49)33-13-3-25(37(23-33)65(57,58)59)1-2-26-4-14-34(24-38(26)66(60,61)62)46(50)42-28-7-17-32(18-8-28)44(48)40-30-11-21-36(22-12-30)64(54,55)56;;;;/h1-24H,(H,51,52,53)(H,54,55,56)(H,57,58,59)(H,60,61,62);;;;/q;4*+1/p-4/b2-1+,43-39?,44-40?,45-41?,46-42?;;;;. The normalized spacial score (nSPS) is 12.8. The summed E-state index contributed by atoms with van der Waals surface area (Å²) in [5.41, 5.74) is -1.84. The molecule has 0 radical (unpaired) electrons. The zero-order chi connectivity index (χ0) is 48.2. The molecule has 0 aliphatic carbocycles. The van der Waals surface area contributed by atoms with Gasteiger partial charge in [0.1, 0.15) is 63.2 Å². The summed E-state index contributed by atoms with van der Waals surface area (Å²) in [5, 5.41) is 65.8. The Bertz CT molecular complexity index is 3270. The first kappa shape index (κ1) is 62.4. The number of benzene rings is 6. The molecule has 0 amide bonds. The van der Waals surface area contributed by atoms with Crippen LogP contribution in [0.2, 0.25) is 0 Å². The van der Waals surface area contributed by atoms with Crippen LogP contribution in [0.4, 0.5) is 45.5 Å². The Morgan fingerprint density at radius 1 is 0.329 bits per heavy atom. The molecule has 6 rings (SSSR count). The number of hydrogen-bond donors (Lipinski definition) is 0. The summed E-state index contributed by atoms with van der Waals surface area (Å²) in [6.45, 7) is 0. The maximum atomic E-state index is 12.9. The van der Waals surface area contributed by atoms with E-state index in [1.54, 1.807) is 0 Å². The fourth-order valence-electron chi connectivity index (χ4n) is 5.48. The predicted octanol–water partition coefficient (Wildman–Crippen LogP) is -4.81. The Kier molecular flexibility index (Phi) is 23.0. The average Bonchev–Trinajstić information content (AvgIpc) is 3.25. The van der Waals surface area contributed by atoms with Gasteiger partial charge < -0.3 is 39.0 Å². The van der Waals surface area contributed by atoms with Crippen LogP contribution < -0.4 is 118 Å². The Hall–Kier alpha value is -3.70. The minimum Gasteiger partial charge on any atom is -0.744 e. The van der Waals surface area contributed by atoms with Crippen molar-refractivity contribution in [2.24, 2.45) is 20.5 Å². The second kappa shape index (κ2) is 25.8. The van der Waals surface area contributed by atoms with Gasteiger partial charge in [0.15, 0.2) is 0 Å². The summed E-state index contributed by atoms with van der Waals surface area (Å²) in [6, 6.07) is 23.6. The maximum absolute atomic E-state index is 12.9. The smallest absolute Gasteiger partial charge is 0.744 e. The van der Waals surface area contributed by atoms with E-state index in [1.807, 2.05) is 0 Å². The average molecular weight is 1070 g/mol. The number of azo groups is 4. The third kappa shape index (κ3) is 16.9. The van der Waals surface area contributed by atoms with E-state index in [9.17, 15) is 72.7 Å². The van der Waals surface area contributed by atoms with Crippen molar-refractivity contribution < 1.29 is 190 Å². The Morgan fingerprint density at radius 2 is 0.557 bits per heavy atom. The van der Waals surface area contributed by atoms with Crippen LogP contribution in [-0.4, -0.2) is 71.3 Å². The summed E-state index contributed by atoms with van der Waals surface area (Å²) in [6.07, 6.45) is 1.92. The number of rotatable bonds is 14. The molecule has 0 aliphatic heterocycles. The number of nitrogens with zero attached hydrogens (tertiary/aromatic N) is 8. The van der Waals surface area contributed by atoms with Crippen LogP contribution in [0.5, 0.6) is 0 Å². The summed E-state index contributed by atoms with van der Waals surface area (Å²) in [5.74, 6) is 0. The summed E-state index contributed by atoms with van der Waals surface area (Å²) >= 11 is 0. The minimum atomic E-state index is -5.33. The SMILES string of the molecule is O=S(=O)([O-])c1ccc(N=[N+]([O-])c2ccc(N=[N+]([O-])c3ccc(/C=C/c4ccc([N+]([O-])=Nc5ccc([N+]([O-])=Nc6ccc(S(=O)(=O)[O-])cc6)cc5)cc4S(=O)(=O)[O-])c(S(=O)(=O)[O-])c3)cc2)cc1.[Na+].[Na+].[Na+].[Na+]. The molecule has 0 aromatic heterocycles. The number of hydrogen-bond acceptors (Lipinski definition) is 20. The molecule has 0 saturated carbocycles. The molecular formula is C38H24N8Na4O16S4. The Labute approximate surface area is 487 Å². The van der Waals surface area contributed by atoms with Crippen LogP contribution in [-0.2, 0) is 40.5 Å². The van der Waals surface area contributed by atoms with E-state index in [-0.39, 0.29) is 183 Å². The molecule has 0 N–H and O–H groups in total. The fourth-order valence-corrected chi connectivity index (χ4v) is 7.79. The van der Waals surface area contributed by atoms with Crippen LogP contribution in [0.25, 0.3) is 12.2 Å². The molecule has 6 aromatic rings. The van der Waals surface area contributed by atoms with Crippen molar-refractivity contribution in [1.82, 2.24) is 0 Å². The van der Waals surface area contributed by atoms with Crippen LogP contribution in [0.1, 0.15) is 11.1 Å². The molecule has 0 fully saturated rings. The van der Waals surface area contributed by atoms with Gasteiger partial charge in [-0.05, 0) is 96.1 Å². The van der Waals surface area contributed by atoms with Gasteiger partial charge in [0.2, 0.25) is 22.7 Å². The summed E-state index contributed by atoms with van der Waals surface area (Å²) in [4.78, 5) is -2.72. The third-order valence-corrected chi connectivity index (χ3v) is 12.1. The van der Waals surface area contributed by atoms with Gasteiger partial charge in [-0.3, -0.25) is 0 Å². The van der Waals surface area contributed by atoms with Gasteiger partial charge in [0, 0.05) is 69.0 Å². The fraction of sp³-hybridized carbons (Fsp3) is 0. The van der Waals surface area contributed by atoms with Crippen molar-refractivity contribution in [3.8, 4) is 0 Å². The first-order chi connectivity index (χ1) is 30.8. The van der Waals surface area contributed by atoms with Crippen molar-refractivity contribution in [1.29, 1.82) is 0 Å². The zero-order valence-electron chi connectivity index (χ0n) is 36.6. The molecular weight excluding hydrogens is 1040 g/mol. The van der Waals surface area contributed by atoms with Crippen LogP contribution in [0.15, 0.2) is 173 Å². The topological polar surface area (TPSA) is 383 Å². The third-order valence-electron chi connectivity index (χ3n) is 8.63. The van der Waals surface area contributed by atoms with Gasteiger partial charge in [-0.1, -0.05) is 31.6 Å². The van der Waals surface area contributed by atoms with Crippen molar-refractivity contribution in [3.63, 3.8) is 0 Å². The molecule has 6 aromatic carbocycles. The van der Waals surface area contributed by atoms with E-state index < -0.39 is 71.4 Å². The summed E-state index contributed by atoms with van der Waals surface area (Å²) in [7, 11) is -20.1. The van der Waals surface area contributed by atoms with Gasteiger partial charge in [-0.25, -0.2) is 33.7 Å². The quantitative estimate of drug-likeness (QED) is 0.0247. The molecule has 0 atom stereocenters. The molecule has 0 spiro atoms. The Morgan fingerprint density at radius 3 is 0.800 bits per heavy atom. The van der Waals surface area contributed by atoms with Crippen LogP contribution in [0.3, 0.4) is 0 Å². The van der Waals surface area contributed by atoms with Crippen LogP contribution in [0, 0.1) is 20.8 Å². The largest absolute Gasteiger partial charge is 1.00 e.